The Kier molecular flexibility index (Phi) is 7.33. The van der Waals surface area contributed by atoms with Crippen molar-refractivity contribution in [1.29, 1.82) is 0 Å². The Hall–Kier alpha value is -0.510. The molecular formula is C14H24N2S. The smallest absolute Gasteiger partial charge is 0.0106 e. The molecule has 0 aliphatic carbocycles. The van der Waals surface area contributed by atoms with Gasteiger partial charge in [0.1, 0.15) is 0 Å². The molecule has 96 valence electrons. The Morgan fingerprint density at radius 3 is 2.53 bits per heavy atom. The summed E-state index contributed by atoms with van der Waals surface area (Å²) in [6.07, 6.45) is 0. The van der Waals surface area contributed by atoms with Gasteiger partial charge in [-0.15, -0.1) is 11.8 Å². The van der Waals surface area contributed by atoms with E-state index in [0.717, 1.165) is 25.4 Å². The van der Waals surface area contributed by atoms with Crippen LogP contribution in [0, 0.1) is 0 Å². The standard InChI is InChI=1S/C14H24N2S/c1-13(2)16(3)11-9-15-10-12-17-14-7-5-4-6-8-14/h4-8,13,15H,9-12H2,1-3H3. The van der Waals surface area contributed by atoms with Crippen molar-refractivity contribution < 1.29 is 0 Å². The Bertz CT molecular complexity index is 288. The molecular weight excluding hydrogens is 228 g/mol. The van der Waals surface area contributed by atoms with Crippen LogP contribution in [-0.4, -0.2) is 43.4 Å². The molecule has 0 fully saturated rings. The summed E-state index contributed by atoms with van der Waals surface area (Å²) in [5.74, 6) is 1.13. The van der Waals surface area contributed by atoms with Crippen molar-refractivity contribution in [3.05, 3.63) is 30.3 Å². The van der Waals surface area contributed by atoms with Gasteiger partial charge in [0.2, 0.25) is 0 Å². The summed E-state index contributed by atoms with van der Waals surface area (Å²) in [5, 5.41) is 3.48. The molecule has 0 bridgehead atoms. The number of hydrogen-bond acceptors (Lipinski definition) is 3. The SMILES string of the molecule is CC(C)N(C)CCNCCSc1ccccc1. The van der Waals surface area contributed by atoms with Crippen molar-refractivity contribution in [2.24, 2.45) is 0 Å². The fourth-order valence-electron chi connectivity index (χ4n) is 1.40. The number of thioether (sulfide) groups is 1. The van der Waals surface area contributed by atoms with Crippen LogP contribution in [0.5, 0.6) is 0 Å². The van der Waals surface area contributed by atoms with Crippen LogP contribution in [0.15, 0.2) is 35.2 Å². The number of rotatable bonds is 8. The first-order valence-electron chi connectivity index (χ1n) is 6.29. The third-order valence-corrected chi connectivity index (χ3v) is 3.83. The van der Waals surface area contributed by atoms with Gasteiger partial charge in [0, 0.05) is 36.3 Å². The minimum Gasteiger partial charge on any atom is -0.315 e. The van der Waals surface area contributed by atoms with Crippen LogP contribution >= 0.6 is 11.8 Å². The third kappa shape index (κ3) is 6.71. The lowest BCUT2D eigenvalue weighted by Crippen LogP contribution is -2.34. The summed E-state index contributed by atoms with van der Waals surface area (Å²) in [5.41, 5.74) is 0. The lowest BCUT2D eigenvalue weighted by atomic mass is 10.3. The van der Waals surface area contributed by atoms with Gasteiger partial charge in [0.15, 0.2) is 0 Å². The molecule has 0 aliphatic heterocycles. The zero-order valence-corrected chi connectivity index (χ0v) is 12.0. The van der Waals surface area contributed by atoms with Crippen LogP contribution in [0.2, 0.25) is 0 Å². The topological polar surface area (TPSA) is 15.3 Å². The summed E-state index contributed by atoms with van der Waals surface area (Å²) < 4.78 is 0. The zero-order chi connectivity index (χ0) is 12.5. The molecule has 0 aliphatic rings. The summed E-state index contributed by atoms with van der Waals surface area (Å²) in [6, 6.07) is 11.2. The quantitative estimate of drug-likeness (QED) is 0.566. The van der Waals surface area contributed by atoms with Gasteiger partial charge in [-0.05, 0) is 33.0 Å². The molecule has 1 N–H and O–H groups in total. The van der Waals surface area contributed by atoms with Crippen molar-refractivity contribution in [2.45, 2.75) is 24.8 Å². The fourth-order valence-corrected chi connectivity index (χ4v) is 2.23. The van der Waals surface area contributed by atoms with Gasteiger partial charge in [0.25, 0.3) is 0 Å². The highest BCUT2D eigenvalue weighted by Gasteiger charge is 2.01. The van der Waals surface area contributed by atoms with E-state index in [4.69, 9.17) is 0 Å². The van der Waals surface area contributed by atoms with E-state index in [0.29, 0.717) is 6.04 Å². The first-order valence-corrected chi connectivity index (χ1v) is 7.27. The Balaban J connectivity index is 1.98. The van der Waals surface area contributed by atoms with Crippen LogP contribution in [0.1, 0.15) is 13.8 Å². The molecule has 3 heteroatoms. The van der Waals surface area contributed by atoms with Crippen molar-refractivity contribution >= 4 is 11.8 Å². The van der Waals surface area contributed by atoms with E-state index in [1.807, 2.05) is 11.8 Å². The van der Waals surface area contributed by atoms with E-state index in [-0.39, 0.29) is 0 Å². The van der Waals surface area contributed by atoms with Crippen LogP contribution in [0.3, 0.4) is 0 Å². The van der Waals surface area contributed by atoms with Gasteiger partial charge in [-0.3, -0.25) is 0 Å². The van der Waals surface area contributed by atoms with Gasteiger partial charge >= 0.3 is 0 Å². The molecule has 2 nitrogen and oxygen atoms in total. The van der Waals surface area contributed by atoms with E-state index in [1.54, 1.807) is 0 Å². The minimum absolute atomic E-state index is 0.635. The maximum atomic E-state index is 3.48. The van der Waals surface area contributed by atoms with E-state index in [9.17, 15) is 0 Å². The molecule has 1 rings (SSSR count). The lowest BCUT2D eigenvalue weighted by Gasteiger charge is -2.20. The van der Waals surface area contributed by atoms with E-state index in [1.165, 1.54) is 4.90 Å². The monoisotopic (exact) mass is 252 g/mol. The summed E-state index contributed by atoms with van der Waals surface area (Å²) in [7, 11) is 2.17. The lowest BCUT2D eigenvalue weighted by molar-refractivity contribution is 0.274. The molecule has 1 aromatic carbocycles. The van der Waals surface area contributed by atoms with E-state index in [2.05, 4.69) is 61.4 Å². The van der Waals surface area contributed by atoms with E-state index < -0.39 is 0 Å². The predicted octanol–water partition coefficient (Wildman–Crippen LogP) is 2.71. The van der Waals surface area contributed by atoms with Crippen LogP contribution in [0.25, 0.3) is 0 Å². The molecule has 0 radical (unpaired) electrons. The highest BCUT2D eigenvalue weighted by molar-refractivity contribution is 7.99. The molecule has 1 aromatic rings. The summed E-state index contributed by atoms with van der Waals surface area (Å²) in [6.45, 7) is 7.72. The number of hydrogen-bond donors (Lipinski definition) is 1. The van der Waals surface area contributed by atoms with Crippen LogP contribution in [-0.2, 0) is 0 Å². The van der Waals surface area contributed by atoms with Gasteiger partial charge in [-0.2, -0.15) is 0 Å². The van der Waals surface area contributed by atoms with Gasteiger partial charge < -0.3 is 10.2 Å². The van der Waals surface area contributed by atoms with Crippen molar-refractivity contribution in [3.63, 3.8) is 0 Å². The van der Waals surface area contributed by atoms with Crippen molar-refractivity contribution in [3.8, 4) is 0 Å². The first kappa shape index (κ1) is 14.6. The molecule has 0 aromatic heterocycles. The van der Waals surface area contributed by atoms with Crippen molar-refractivity contribution in [2.75, 3.05) is 32.4 Å². The molecule has 0 unspecified atom stereocenters. The van der Waals surface area contributed by atoms with Gasteiger partial charge in [-0.25, -0.2) is 0 Å². The minimum atomic E-state index is 0.635. The van der Waals surface area contributed by atoms with Gasteiger partial charge in [0.05, 0.1) is 0 Å². The average molecular weight is 252 g/mol. The number of nitrogens with zero attached hydrogens (tertiary/aromatic N) is 1. The van der Waals surface area contributed by atoms with Gasteiger partial charge in [-0.1, -0.05) is 18.2 Å². The Morgan fingerprint density at radius 1 is 1.18 bits per heavy atom. The molecule has 0 saturated carbocycles. The Labute approximate surface area is 110 Å². The predicted molar refractivity (Wildman–Crippen MR) is 77.8 cm³/mol. The largest absolute Gasteiger partial charge is 0.315 e. The third-order valence-electron chi connectivity index (χ3n) is 2.81. The highest BCUT2D eigenvalue weighted by Crippen LogP contribution is 2.15. The highest BCUT2D eigenvalue weighted by atomic mass is 32.2. The fraction of sp³-hybridized carbons (Fsp3) is 0.571. The summed E-state index contributed by atoms with van der Waals surface area (Å²) >= 11 is 1.91. The number of benzene rings is 1. The van der Waals surface area contributed by atoms with Crippen LogP contribution < -0.4 is 5.32 Å². The first-order chi connectivity index (χ1) is 8.20. The molecule has 0 heterocycles. The maximum Gasteiger partial charge on any atom is 0.0106 e. The van der Waals surface area contributed by atoms with E-state index >= 15 is 0 Å². The molecule has 0 saturated heterocycles. The second-order valence-corrected chi connectivity index (χ2v) is 5.65. The Morgan fingerprint density at radius 2 is 1.88 bits per heavy atom. The molecule has 0 amide bonds. The number of likely N-dealkylation sites (N-methyl/N-ethyl adjacent to an activating group) is 1. The molecule has 0 spiro atoms. The average Bonchev–Trinajstić information content (AvgIpc) is 2.34. The molecule has 0 atom stereocenters. The number of nitrogens with one attached hydrogen (secondary N) is 1. The zero-order valence-electron chi connectivity index (χ0n) is 11.1. The maximum absolute atomic E-state index is 3.48. The second kappa shape index (κ2) is 8.56. The van der Waals surface area contributed by atoms with Crippen LogP contribution in [0.4, 0.5) is 0 Å². The summed E-state index contributed by atoms with van der Waals surface area (Å²) in [4.78, 5) is 3.71. The van der Waals surface area contributed by atoms with Crippen molar-refractivity contribution in [1.82, 2.24) is 10.2 Å². The second-order valence-electron chi connectivity index (χ2n) is 4.49. The molecule has 17 heavy (non-hydrogen) atoms. The normalized spacial score (nSPS) is 11.4.